The van der Waals surface area contributed by atoms with Crippen molar-refractivity contribution in [2.45, 2.75) is 6.54 Å². The number of para-hydroxylation sites is 1. The third-order valence-electron chi connectivity index (χ3n) is 4.31. The third-order valence-corrected chi connectivity index (χ3v) is 4.31. The normalized spacial score (nSPS) is 15.0. The van der Waals surface area contributed by atoms with E-state index in [0.29, 0.717) is 18.1 Å². The SMILES string of the molecule is COc1ccccc1CNc1cnc(C(=O)N2CCN(C)CC2)cn1. The number of methoxy groups -OCH3 is 1. The van der Waals surface area contributed by atoms with E-state index in [1.165, 1.54) is 6.20 Å². The summed E-state index contributed by atoms with van der Waals surface area (Å²) in [5, 5.41) is 3.20. The van der Waals surface area contributed by atoms with E-state index in [1.807, 2.05) is 29.2 Å². The molecule has 0 atom stereocenters. The zero-order valence-corrected chi connectivity index (χ0v) is 14.6. The Labute approximate surface area is 147 Å². The minimum absolute atomic E-state index is 0.0584. The number of nitrogens with one attached hydrogen (secondary N) is 1. The van der Waals surface area contributed by atoms with Crippen molar-refractivity contribution in [3.05, 3.63) is 47.9 Å². The number of carbonyl (C=O) groups excluding carboxylic acids is 1. The molecule has 1 saturated heterocycles. The van der Waals surface area contributed by atoms with Gasteiger partial charge in [0.15, 0.2) is 0 Å². The largest absolute Gasteiger partial charge is 0.496 e. The number of piperazine rings is 1. The van der Waals surface area contributed by atoms with Crippen LogP contribution in [0.2, 0.25) is 0 Å². The molecule has 25 heavy (non-hydrogen) atoms. The summed E-state index contributed by atoms with van der Waals surface area (Å²) in [6.07, 6.45) is 3.13. The highest BCUT2D eigenvalue weighted by molar-refractivity contribution is 5.92. The number of anilines is 1. The number of aromatic nitrogens is 2. The molecule has 7 nitrogen and oxygen atoms in total. The fraction of sp³-hybridized carbons (Fsp3) is 0.389. The van der Waals surface area contributed by atoms with E-state index in [2.05, 4.69) is 27.2 Å². The van der Waals surface area contributed by atoms with Gasteiger partial charge in [0.25, 0.3) is 5.91 Å². The first-order chi connectivity index (χ1) is 12.2. The predicted octanol–water partition coefficient (Wildman–Crippen LogP) is 1.48. The topological polar surface area (TPSA) is 70.6 Å². The summed E-state index contributed by atoms with van der Waals surface area (Å²) in [6, 6.07) is 7.80. The number of likely N-dealkylation sites (N-methyl/N-ethyl adjacent to an activating group) is 1. The van der Waals surface area contributed by atoms with E-state index < -0.39 is 0 Å². The van der Waals surface area contributed by atoms with Crippen molar-refractivity contribution in [2.24, 2.45) is 0 Å². The van der Waals surface area contributed by atoms with E-state index in [4.69, 9.17) is 4.74 Å². The second-order valence-electron chi connectivity index (χ2n) is 6.05. The molecule has 7 heteroatoms. The third kappa shape index (κ3) is 4.24. The Morgan fingerprint density at radius 2 is 1.92 bits per heavy atom. The number of ether oxygens (including phenoxy) is 1. The summed E-state index contributed by atoms with van der Waals surface area (Å²) in [5.41, 5.74) is 1.41. The van der Waals surface area contributed by atoms with Gasteiger partial charge in [-0.3, -0.25) is 4.79 Å². The zero-order valence-electron chi connectivity index (χ0n) is 14.6. The lowest BCUT2D eigenvalue weighted by molar-refractivity contribution is 0.0658. The molecule has 1 amide bonds. The molecule has 0 saturated carbocycles. The lowest BCUT2D eigenvalue weighted by Gasteiger charge is -2.32. The number of hydrogen-bond acceptors (Lipinski definition) is 6. The van der Waals surface area contributed by atoms with Gasteiger partial charge in [-0.05, 0) is 13.1 Å². The number of benzene rings is 1. The molecule has 2 heterocycles. The first kappa shape index (κ1) is 17.2. The van der Waals surface area contributed by atoms with E-state index >= 15 is 0 Å². The molecule has 0 spiro atoms. The number of nitrogens with zero attached hydrogens (tertiary/aromatic N) is 4. The Bertz CT molecular complexity index is 712. The predicted molar refractivity (Wildman–Crippen MR) is 95.8 cm³/mol. The smallest absolute Gasteiger partial charge is 0.274 e. The van der Waals surface area contributed by atoms with Crippen LogP contribution >= 0.6 is 0 Å². The van der Waals surface area contributed by atoms with Gasteiger partial charge < -0.3 is 19.9 Å². The molecule has 1 aromatic heterocycles. The molecule has 1 aliphatic rings. The maximum absolute atomic E-state index is 12.4. The maximum Gasteiger partial charge on any atom is 0.274 e. The lowest BCUT2D eigenvalue weighted by Crippen LogP contribution is -2.47. The van der Waals surface area contributed by atoms with Crippen molar-refractivity contribution in [3.63, 3.8) is 0 Å². The maximum atomic E-state index is 12.4. The molecular weight excluding hydrogens is 318 g/mol. The highest BCUT2D eigenvalue weighted by Gasteiger charge is 2.21. The standard InChI is InChI=1S/C18H23N5O2/c1-22-7-9-23(10-8-22)18(24)15-12-21-17(13-19-15)20-11-14-5-3-4-6-16(14)25-2/h3-6,12-13H,7-11H2,1-2H3,(H,20,21). The molecule has 0 unspecified atom stereocenters. The van der Waals surface area contributed by atoms with Crippen molar-refractivity contribution in [3.8, 4) is 5.75 Å². The van der Waals surface area contributed by atoms with Crippen molar-refractivity contribution < 1.29 is 9.53 Å². The molecule has 1 fully saturated rings. The van der Waals surface area contributed by atoms with Crippen LogP contribution in [0.3, 0.4) is 0 Å². The molecule has 1 aromatic carbocycles. The number of amides is 1. The minimum Gasteiger partial charge on any atom is -0.496 e. The Morgan fingerprint density at radius 1 is 1.16 bits per heavy atom. The van der Waals surface area contributed by atoms with Gasteiger partial charge in [0.05, 0.1) is 19.5 Å². The first-order valence-corrected chi connectivity index (χ1v) is 8.33. The molecule has 1 N–H and O–H groups in total. The Balaban J connectivity index is 1.59. The van der Waals surface area contributed by atoms with Crippen molar-refractivity contribution >= 4 is 11.7 Å². The molecule has 132 valence electrons. The molecular formula is C18H23N5O2. The van der Waals surface area contributed by atoms with Gasteiger partial charge in [0, 0.05) is 38.3 Å². The molecule has 2 aromatic rings. The van der Waals surface area contributed by atoms with Crippen molar-refractivity contribution in [1.82, 2.24) is 19.8 Å². The van der Waals surface area contributed by atoms with Crippen LogP contribution in [0, 0.1) is 0 Å². The van der Waals surface area contributed by atoms with Crippen LogP contribution in [0.15, 0.2) is 36.7 Å². The quantitative estimate of drug-likeness (QED) is 0.888. The van der Waals surface area contributed by atoms with E-state index in [0.717, 1.165) is 37.5 Å². The van der Waals surface area contributed by atoms with Gasteiger partial charge in [-0.15, -0.1) is 0 Å². The molecule has 0 aliphatic carbocycles. The summed E-state index contributed by atoms with van der Waals surface area (Å²) in [6.45, 7) is 3.80. The summed E-state index contributed by atoms with van der Waals surface area (Å²) >= 11 is 0. The van der Waals surface area contributed by atoms with Gasteiger partial charge in [0.2, 0.25) is 0 Å². The van der Waals surface area contributed by atoms with E-state index in [1.54, 1.807) is 13.3 Å². The summed E-state index contributed by atoms with van der Waals surface area (Å²) in [5.74, 6) is 1.39. The van der Waals surface area contributed by atoms with Gasteiger partial charge >= 0.3 is 0 Å². The van der Waals surface area contributed by atoms with Crippen LogP contribution < -0.4 is 10.1 Å². The minimum atomic E-state index is -0.0584. The van der Waals surface area contributed by atoms with Gasteiger partial charge in [0.1, 0.15) is 17.3 Å². The second-order valence-corrected chi connectivity index (χ2v) is 6.05. The number of carbonyl (C=O) groups is 1. The van der Waals surface area contributed by atoms with E-state index in [-0.39, 0.29) is 5.91 Å². The van der Waals surface area contributed by atoms with Crippen molar-refractivity contribution in [2.75, 3.05) is 45.7 Å². The van der Waals surface area contributed by atoms with Crippen LogP contribution in [0.5, 0.6) is 5.75 Å². The van der Waals surface area contributed by atoms with Crippen LogP contribution in [0.4, 0.5) is 5.82 Å². The highest BCUT2D eigenvalue weighted by atomic mass is 16.5. The van der Waals surface area contributed by atoms with Gasteiger partial charge in [-0.1, -0.05) is 18.2 Å². The molecule has 3 rings (SSSR count). The van der Waals surface area contributed by atoms with Gasteiger partial charge in [-0.25, -0.2) is 9.97 Å². The average Bonchev–Trinajstić information content (AvgIpc) is 2.67. The van der Waals surface area contributed by atoms with Crippen LogP contribution in [-0.2, 0) is 6.54 Å². The Morgan fingerprint density at radius 3 is 2.60 bits per heavy atom. The van der Waals surface area contributed by atoms with Gasteiger partial charge in [-0.2, -0.15) is 0 Å². The number of hydrogen-bond donors (Lipinski definition) is 1. The summed E-state index contributed by atoms with van der Waals surface area (Å²) in [7, 11) is 3.71. The van der Waals surface area contributed by atoms with Crippen LogP contribution in [0.1, 0.15) is 16.1 Å². The van der Waals surface area contributed by atoms with Crippen LogP contribution in [0.25, 0.3) is 0 Å². The average molecular weight is 341 g/mol. The number of rotatable bonds is 5. The Hall–Kier alpha value is -2.67. The highest BCUT2D eigenvalue weighted by Crippen LogP contribution is 2.18. The van der Waals surface area contributed by atoms with Crippen molar-refractivity contribution in [1.29, 1.82) is 0 Å². The lowest BCUT2D eigenvalue weighted by atomic mass is 10.2. The molecule has 0 radical (unpaired) electrons. The monoisotopic (exact) mass is 341 g/mol. The Kier molecular flexibility index (Phi) is 5.45. The van der Waals surface area contributed by atoms with Crippen LogP contribution in [-0.4, -0.2) is 66.0 Å². The molecule has 0 bridgehead atoms. The second kappa shape index (κ2) is 7.94. The fourth-order valence-electron chi connectivity index (χ4n) is 2.74. The zero-order chi connectivity index (χ0) is 17.6. The van der Waals surface area contributed by atoms with E-state index in [9.17, 15) is 4.79 Å². The summed E-state index contributed by atoms with van der Waals surface area (Å²) in [4.78, 5) is 25.1. The fourth-order valence-corrected chi connectivity index (χ4v) is 2.74. The summed E-state index contributed by atoms with van der Waals surface area (Å²) < 4.78 is 5.33. The first-order valence-electron chi connectivity index (χ1n) is 8.33. The molecule has 1 aliphatic heterocycles.